The van der Waals surface area contributed by atoms with Crippen LogP contribution in [0, 0.1) is 26.7 Å². The Kier molecular flexibility index (Phi) is 5.82. The number of hydrogen-bond donors (Lipinski definition) is 0. The Bertz CT molecular complexity index is 691. The topological polar surface area (TPSA) is 0 Å². The third-order valence-corrected chi connectivity index (χ3v) is 4.98. The Morgan fingerprint density at radius 2 is 1.83 bits per heavy atom. The van der Waals surface area contributed by atoms with Gasteiger partial charge < -0.3 is 0 Å². The first kappa shape index (κ1) is 17.5. The van der Waals surface area contributed by atoms with E-state index < -0.39 is 0 Å². The number of rotatable bonds is 6. The van der Waals surface area contributed by atoms with Gasteiger partial charge in [0.15, 0.2) is 0 Å². The molecule has 0 aliphatic heterocycles. The molecule has 0 saturated carbocycles. The van der Waals surface area contributed by atoms with Crippen molar-refractivity contribution >= 4 is 5.57 Å². The van der Waals surface area contributed by atoms with Gasteiger partial charge in [-0.2, -0.15) is 0 Å². The van der Waals surface area contributed by atoms with Crippen molar-refractivity contribution in [2.45, 2.75) is 53.9 Å². The summed E-state index contributed by atoms with van der Waals surface area (Å²) in [6, 6.07) is 13.3. The van der Waals surface area contributed by atoms with E-state index in [-0.39, 0.29) is 0 Å². The molecule has 0 heteroatoms. The van der Waals surface area contributed by atoms with Crippen LogP contribution in [-0.4, -0.2) is 0 Å². The van der Waals surface area contributed by atoms with Crippen molar-refractivity contribution in [1.82, 2.24) is 0 Å². The summed E-state index contributed by atoms with van der Waals surface area (Å²) in [4.78, 5) is 0. The summed E-state index contributed by atoms with van der Waals surface area (Å²) < 4.78 is 0. The van der Waals surface area contributed by atoms with Crippen LogP contribution in [0.2, 0.25) is 0 Å². The van der Waals surface area contributed by atoms with E-state index in [2.05, 4.69) is 77.6 Å². The van der Waals surface area contributed by atoms with Crippen molar-refractivity contribution < 1.29 is 0 Å². The Hall–Kier alpha value is -1.82. The highest BCUT2D eigenvalue weighted by Crippen LogP contribution is 2.28. The average molecular weight is 306 g/mol. The molecule has 0 aliphatic rings. The lowest BCUT2D eigenvalue weighted by Gasteiger charge is -2.20. The number of benzene rings is 2. The Morgan fingerprint density at radius 3 is 2.48 bits per heavy atom. The molecule has 2 aromatic carbocycles. The van der Waals surface area contributed by atoms with E-state index in [4.69, 9.17) is 0 Å². The van der Waals surface area contributed by atoms with Gasteiger partial charge in [0.1, 0.15) is 0 Å². The zero-order valence-corrected chi connectivity index (χ0v) is 15.4. The molecule has 0 aliphatic carbocycles. The highest BCUT2D eigenvalue weighted by atomic mass is 14.2. The maximum Gasteiger partial charge on any atom is -0.0150 e. The maximum absolute atomic E-state index is 4.38. The third kappa shape index (κ3) is 4.13. The van der Waals surface area contributed by atoms with Gasteiger partial charge in [0, 0.05) is 0 Å². The van der Waals surface area contributed by atoms with Crippen LogP contribution in [0.4, 0.5) is 0 Å². The van der Waals surface area contributed by atoms with Gasteiger partial charge in [0.2, 0.25) is 0 Å². The molecule has 0 bridgehead atoms. The van der Waals surface area contributed by atoms with Crippen molar-refractivity contribution in [3.63, 3.8) is 0 Å². The minimum absolute atomic E-state index is 0.453. The molecule has 0 aromatic heterocycles. The fraction of sp³-hybridized carbons (Fsp3) is 0.391. The summed E-state index contributed by atoms with van der Waals surface area (Å²) in [7, 11) is 0. The molecule has 2 rings (SSSR count). The molecule has 0 fully saturated rings. The van der Waals surface area contributed by atoms with Crippen molar-refractivity contribution in [2.75, 3.05) is 0 Å². The maximum atomic E-state index is 4.38. The molecule has 0 N–H and O–H groups in total. The summed E-state index contributed by atoms with van der Waals surface area (Å²) in [6.07, 6.45) is 3.44. The largest absolute Gasteiger partial charge is 0.0949 e. The fourth-order valence-corrected chi connectivity index (χ4v) is 3.30. The van der Waals surface area contributed by atoms with Crippen LogP contribution in [0.3, 0.4) is 0 Å². The standard InChI is InChI=1S/C23H30/c1-7-9-23-20(6)17(3)12-13-22(23)15-18(4)19(5)21-11-8-10-16(2)14-21/h8,10-14,18H,5,7,9,15H2,1-4,6H3. The first-order valence-corrected chi connectivity index (χ1v) is 8.77. The molecule has 2 aromatic rings. The normalized spacial score (nSPS) is 12.2. The summed E-state index contributed by atoms with van der Waals surface area (Å²) in [6.45, 7) is 15.6. The van der Waals surface area contributed by atoms with Crippen LogP contribution in [0.5, 0.6) is 0 Å². The van der Waals surface area contributed by atoms with E-state index in [9.17, 15) is 0 Å². The molecule has 1 atom stereocenters. The number of aryl methyl sites for hydroxylation is 2. The van der Waals surface area contributed by atoms with Gasteiger partial charge in [-0.25, -0.2) is 0 Å². The second-order valence-electron chi connectivity index (χ2n) is 6.90. The zero-order valence-electron chi connectivity index (χ0n) is 15.4. The molecule has 0 heterocycles. The third-order valence-electron chi connectivity index (χ3n) is 4.98. The average Bonchev–Trinajstić information content (AvgIpc) is 2.53. The molecule has 0 amide bonds. The van der Waals surface area contributed by atoms with E-state index >= 15 is 0 Å². The highest BCUT2D eigenvalue weighted by Gasteiger charge is 2.14. The minimum atomic E-state index is 0.453. The summed E-state index contributed by atoms with van der Waals surface area (Å²) in [5.74, 6) is 0.453. The summed E-state index contributed by atoms with van der Waals surface area (Å²) in [5.41, 5.74) is 9.74. The van der Waals surface area contributed by atoms with Crippen LogP contribution in [0.1, 0.15) is 53.6 Å². The summed E-state index contributed by atoms with van der Waals surface area (Å²) in [5, 5.41) is 0. The predicted octanol–water partition coefficient (Wildman–Crippen LogP) is 6.46. The van der Waals surface area contributed by atoms with Gasteiger partial charge in [0.05, 0.1) is 0 Å². The SMILES string of the molecule is C=C(c1cccc(C)c1)C(C)Cc1ccc(C)c(C)c1CCC. The zero-order chi connectivity index (χ0) is 17.0. The van der Waals surface area contributed by atoms with E-state index in [1.807, 2.05) is 0 Å². The monoisotopic (exact) mass is 306 g/mol. The lowest BCUT2D eigenvalue weighted by Crippen LogP contribution is -2.07. The highest BCUT2D eigenvalue weighted by molar-refractivity contribution is 5.66. The second-order valence-corrected chi connectivity index (χ2v) is 6.90. The van der Waals surface area contributed by atoms with E-state index in [1.54, 1.807) is 5.56 Å². The predicted molar refractivity (Wildman–Crippen MR) is 103 cm³/mol. The van der Waals surface area contributed by atoms with Crippen LogP contribution < -0.4 is 0 Å². The Morgan fingerprint density at radius 1 is 1.09 bits per heavy atom. The smallest absolute Gasteiger partial charge is 0.0150 e. The first-order valence-electron chi connectivity index (χ1n) is 8.77. The van der Waals surface area contributed by atoms with Gasteiger partial charge in [0.25, 0.3) is 0 Å². The van der Waals surface area contributed by atoms with E-state index in [0.29, 0.717) is 5.92 Å². The fourth-order valence-electron chi connectivity index (χ4n) is 3.30. The molecular weight excluding hydrogens is 276 g/mol. The van der Waals surface area contributed by atoms with Crippen molar-refractivity contribution in [1.29, 1.82) is 0 Å². The van der Waals surface area contributed by atoms with Gasteiger partial charge in [-0.1, -0.05) is 68.8 Å². The molecule has 23 heavy (non-hydrogen) atoms. The molecular formula is C23H30. The van der Waals surface area contributed by atoms with Crippen LogP contribution in [0.25, 0.3) is 5.57 Å². The van der Waals surface area contributed by atoms with Gasteiger partial charge in [-0.15, -0.1) is 0 Å². The molecule has 1 unspecified atom stereocenters. The van der Waals surface area contributed by atoms with Crippen LogP contribution in [-0.2, 0) is 12.8 Å². The summed E-state index contributed by atoms with van der Waals surface area (Å²) >= 11 is 0. The lowest BCUT2D eigenvalue weighted by molar-refractivity contribution is 0.731. The van der Waals surface area contributed by atoms with Crippen LogP contribution in [0.15, 0.2) is 43.0 Å². The first-order chi connectivity index (χ1) is 10.9. The lowest BCUT2D eigenvalue weighted by atomic mass is 9.85. The number of hydrogen-bond acceptors (Lipinski definition) is 0. The molecule has 0 radical (unpaired) electrons. The minimum Gasteiger partial charge on any atom is -0.0949 e. The quantitative estimate of drug-likeness (QED) is 0.574. The molecule has 0 saturated heterocycles. The van der Waals surface area contributed by atoms with Gasteiger partial charge >= 0.3 is 0 Å². The van der Waals surface area contributed by atoms with Gasteiger partial charge in [-0.3, -0.25) is 0 Å². The molecule has 0 spiro atoms. The van der Waals surface area contributed by atoms with E-state index in [1.165, 1.54) is 46.2 Å². The molecule has 0 nitrogen and oxygen atoms in total. The number of allylic oxidation sites excluding steroid dienone is 1. The van der Waals surface area contributed by atoms with Crippen molar-refractivity contribution in [3.8, 4) is 0 Å². The van der Waals surface area contributed by atoms with Crippen molar-refractivity contribution in [3.05, 3.63) is 76.4 Å². The Balaban J connectivity index is 2.24. The second kappa shape index (κ2) is 7.64. The molecule has 122 valence electrons. The van der Waals surface area contributed by atoms with Crippen molar-refractivity contribution in [2.24, 2.45) is 5.92 Å². The van der Waals surface area contributed by atoms with E-state index in [0.717, 1.165) is 6.42 Å². The van der Waals surface area contributed by atoms with Crippen LogP contribution >= 0.6 is 0 Å². The Labute approximate surface area is 142 Å². The van der Waals surface area contributed by atoms with Gasteiger partial charge in [-0.05, 0) is 72.9 Å².